The molecule has 0 radical (unpaired) electrons. The molecule has 0 spiro atoms. The van der Waals surface area contributed by atoms with Crippen LogP contribution in [-0.2, 0) is 0 Å². The van der Waals surface area contributed by atoms with Crippen molar-refractivity contribution in [3.05, 3.63) is 59.2 Å². The van der Waals surface area contributed by atoms with Crippen LogP contribution in [-0.4, -0.2) is 21.6 Å². The van der Waals surface area contributed by atoms with Crippen molar-refractivity contribution in [2.24, 2.45) is 21.7 Å². The summed E-state index contributed by atoms with van der Waals surface area (Å²) in [4.78, 5) is 0. The number of nitrogens with zero attached hydrogens (tertiary/aromatic N) is 2. The lowest BCUT2D eigenvalue weighted by molar-refractivity contribution is 1.03. The van der Waals surface area contributed by atoms with Crippen molar-refractivity contribution >= 4 is 46.1 Å². The van der Waals surface area contributed by atoms with Crippen LogP contribution in [0, 0.1) is 0 Å². The summed E-state index contributed by atoms with van der Waals surface area (Å²) in [5.41, 5.74) is 22.9. The molecule has 0 fully saturated rings. The number of benzene rings is 2. The van der Waals surface area contributed by atoms with Crippen LogP contribution in [0.1, 0.15) is 23.6 Å². The van der Waals surface area contributed by atoms with Gasteiger partial charge >= 0.3 is 0 Å². The van der Waals surface area contributed by atoms with Crippen molar-refractivity contribution in [3.63, 3.8) is 0 Å². The molecule has 1 aliphatic carbocycles. The maximum atomic E-state index is 5.52. The molecule has 0 atom stereocenters. The zero-order valence-corrected chi connectivity index (χ0v) is 15.0. The summed E-state index contributed by atoms with van der Waals surface area (Å²) < 4.78 is 0. The molecule has 6 nitrogen and oxygen atoms in total. The van der Waals surface area contributed by atoms with Gasteiger partial charge in [0.05, 0.1) is 11.4 Å². The lowest BCUT2D eigenvalue weighted by Gasteiger charge is -2.07. The number of hydrogen-bond donors (Lipinski definition) is 4. The van der Waals surface area contributed by atoms with E-state index in [1.807, 2.05) is 43.3 Å². The zero-order valence-electron chi connectivity index (χ0n) is 13.4. The molecule has 0 unspecified atom stereocenters. The van der Waals surface area contributed by atoms with E-state index in [9.17, 15) is 0 Å². The van der Waals surface area contributed by atoms with Crippen molar-refractivity contribution in [2.75, 3.05) is 0 Å². The summed E-state index contributed by atoms with van der Waals surface area (Å²) in [5, 5.41) is 8.80. The number of fused-ring (bicyclic) bond motifs is 3. The topological polar surface area (TPSA) is 101 Å². The third-order valence-electron chi connectivity index (χ3n) is 3.78. The van der Waals surface area contributed by atoms with E-state index in [0.717, 1.165) is 39.2 Å². The van der Waals surface area contributed by atoms with Gasteiger partial charge in [-0.05, 0) is 54.1 Å². The molecule has 0 saturated heterocycles. The molecule has 0 aromatic heterocycles. The van der Waals surface area contributed by atoms with Gasteiger partial charge in [-0.2, -0.15) is 10.2 Å². The molecule has 25 heavy (non-hydrogen) atoms. The number of nitrogens with two attached hydrogens (primary N) is 2. The Morgan fingerprint density at radius 2 is 1.52 bits per heavy atom. The Labute approximate surface area is 156 Å². The Kier molecular flexibility index (Phi) is 4.73. The number of hydrogen-bond acceptors (Lipinski definition) is 4. The average Bonchev–Trinajstić information content (AvgIpc) is 2.91. The molecule has 0 heterocycles. The summed E-state index contributed by atoms with van der Waals surface area (Å²) in [6, 6.07) is 14.1. The van der Waals surface area contributed by atoms with Crippen LogP contribution in [0.2, 0.25) is 0 Å². The predicted molar refractivity (Wildman–Crippen MR) is 110 cm³/mol. The smallest absolute Gasteiger partial charge is 0.184 e. The van der Waals surface area contributed by atoms with Gasteiger partial charge in [0.15, 0.2) is 10.2 Å². The third kappa shape index (κ3) is 3.49. The van der Waals surface area contributed by atoms with E-state index < -0.39 is 0 Å². The lowest BCUT2D eigenvalue weighted by atomic mass is 10.0. The maximum absolute atomic E-state index is 5.52. The highest BCUT2D eigenvalue weighted by molar-refractivity contribution is 7.80. The first-order chi connectivity index (χ1) is 12.0. The first-order valence-corrected chi connectivity index (χ1v) is 8.26. The van der Waals surface area contributed by atoms with E-state index in [1.165, 1.54) is 0 Å². The van der Waals surface area contributed by atoms with Gasteiger partial charge in [-0.25, -0.2) is 0 Å². The predicted octanol–water partition coefficient (Wildman–Crippen LogP) is 1.81. The molecular weight excluding hydrogens is 352 g/mol. The first kappa shape index (κ1) is 17.0. The second-order valence-corrected chi connectivity index (χ2v) is 6.30. The van der Waals surface area contributed by atoms with Gasteiger partial charge in [-0.3, -0.25) is 10.9 Å². The molecular formula is C17H16N6S2. The van der Waals surface area contributed by atoms with E-state index in [-0.39, 0.29) is 10.2 Å². The number of nitrogens with one attached hydrogen (secondary N) is 2. The fourth-order valence-electron chi connectivity index (χ4n) is 2.70. The van der Waals surface area contributed by atoms with Crippen LogP contribution in [0.15, 0.2) is 52.7 Å². The first-order valence-electron chi connectivity index (χ1n) is 7.45. The minimum atomic E-state index is 0.119. The highest BCUT2D eigenvalue weighted by atomic mass is 32.1. The second-order valence-electron chi connectivity index (χ2n) is 5.42. The minimum absolute atomic E-state index is 0.119. The maximum Gasteiger partial charge on any atom is 0.184 e. The highest BCUT2D eigenvalue weighted by Gasteiger charge is 2.25. The van der Waals surface area contributed by atoms with Crippen LogP contribution < -0.4 is 22.3 Å². The van der Waals surface area contributed by atoms with Gasteiger partial charge < -0.3 is 11.5 Å². The highest BCUT2D eigenvalue weighted by Crippen LogP contribution is 2.37. The van der Waals surface area contributed by atoms with E-state index in [0.29, 0.717) is 0 Å². The second kappa shape index (κ2) is 6.96. The summed E-state index contributed by atoms with van der Waals surface area (Å²) >= 11 is 9.64. The Hall–Kier alpha value is -2.84. The van der Waals surface area contributed by atoms with E-state index in [2.05, 4.69) is 27.1 Å². The molecule has 1 aliphatic rings. The van der Waals surface area contributed by atoms with Crippen LogP contribution in [0.5, 0.6) is 0 Å². The molecule has 2 aromatic carbocycles. The third-order valence-corrected chi connectivity index (χ3v) is 3.96. The Balaban J connectivity index is 2.09. The summed E-state index contributed by atoms with van der Waals surface area (Å²) in [6.07, 6.45) is 0. The van der Waals surface area contributed by atoms with Crippen LogP contribution in [0.25, 0.3) is 11.1 Å². The van der Waals surface area contributed by atoms with Crippen molar-refractivity contribution in [2.45, 2.75) is 6.92 Å². The van der Waals surface area contributed by atoms with Gasteiger partial charge in [0, 0.05) is 11.1 Å². The summed E-state index contributed by atoms with van der Waals surface area (Å²) in [6.45, 7) is 1.87. The SMILES string of the molecule is CC(=NNC(N)=S)c1ccc2c(c1)/C(=N\NC(N)=S)c1ccccc1-2. The molecule has 0 saturated carbocycles. The molecule has 126 valence electrons. The number of thiocarbonyl (C=S) groups is 2. The van der Waals surface area contributed by atoms with Gasteiger partial charge in [0.25, 0.3) is 0 Å². The fourth-order valence-corrected chi connectivity index (χ4v) is 2.80. The lowest BCUT2D eigenvalue weighted by Crippen LogP contribution is -2.25. The monoisotopic (exact) mass is 368 g/mol. The van der Waals surface area contributed by atoms with Crippen molar-refractivity contribution in [1.29, 1.82) is 0 Å². The zero-order chi connectivity index (χ0) is 18.0. The molecule has 6 N–H and O–H groups in total. The number of hydrazone groups is 2. The summed E-state index contributed by atoms with van der Waals surface area (Å²) in [7, 11) is 0. The van der Waals surface area contributed by atoms with Crippen LogP contribution >= 0.6 is 24.4 Å². The molecule has 0 amide bonds. The van der Waals surface area contributed by atoms with E-state index in [1.54, 1.807) is 0 Å². The normalized spacial score (nSPS) is 14.0. The average molecular weight is 368 g/mol. The molecule has 2 aromatic rings. The van der Waals surface area contributed by atoms with Crippen LogP contribution in [0.3, 0.4) is 0 Å². The van der Waals surface area contributed by atoms with Crippen molar-refractivity contribution in [3.8, 4) is 11.1 Å². The van der Waals surface area contributed by atoms with Gasteiger partial charge in [0.2, 0.25) is 0 Å². The van der Waals surface area contributed by atoms with Crippen molar-refractivity contribution < 1.29 is 0 Å². The molecule has 0 aliphatic heterocycles. The van der Waals surface area contributed by atoms with Crippen LogP contribution in [0.4, 0.5) is 0 Å². The standard InChI is InChI=1S/C17H16N6S2/c1-9(20-22-16(18)24)10-6-7-12-11-4-2-3-5-13(11)15(14(12)8-10)21-23-17(19)25/h2-8H,1H3,(H3,18,22,24)(H3,19,23,25)/b20-9?,21-15-. The minimum Gasteiger partial charge on any atom is -0.375 e. The Morgan fingerprint density at radius 3 is 2.20 bits per heavy atom. The molecule has 0 bridgehead atoms. The van der Waals surface area contributed by atoms with E-state index >= 15 is 0 Å². The van der Waals surface area contributed by atoms with Gasteiger partial charge in [-0.1, -0.05) is 36.4 Å². The fraction of sp³-hybridized carbons (Fsp3) is 0.0588. The number of rotatable bonds is 3. The van der Waals surface area contributed by atoms with E-state index in [4.69, 9.17) is 35.9 Å². The Bertz CT molecular complexity index is 932. The van der Waals surface area contributed by atoms with Gasteiger partial charge in [-0.15, -0.1) is 0 Å². The molecule has 3 rings (SSSR count). The molecule has 8 heteroatoms. The van der Waals surface area contributed by atoms with Crippen molar-refractivity contribution in [1.82, 2.24) is 10.9 Å². The summed E-state index contributed by atoms with van der Waals surface area (Å²) in [5.74, 6) is 0. The quantitative estimate of drug-likeness (QED) is 0.320. The van der Waals surface area contributed by atoms with Gasteiger partial charge in [0.1, 0.15) is 0 Å². The Morgan fingerprint density at radius 1 is 0.880 bits per heavy atom. The largest absolute Gasteiger partial charge is 0.375 e.